The number of thiazole rings is 1. The van der Waals surface area contributed by atoms with E-state index in [4.69, 9.17) is 0 Å². The maximum absolute atomic E-state index is 12.0. The van der Waals surface area contributed by atoms with Gasteiger partial charge in [-0.1, -0.05) is 13.8 Å². The molecule has 0 aliphatic carbocycles. The van der Waals surface area contributed by atoms with Gasteiger partial charge in [-0.3, -0.25) is 9.20 Å². The van der Waals surface area contributed by atoms with Gasteiger partial charge in [0.05, 0.1) is 18.7 Å². The fourth-order valence-electron chi connectivity index (χ4n) is 2.15. The molecule has 2 aromatic heterocycles. The number of imidazole rings is 1. The molecule has 0 saturated carbocycles. The first kappa shape index (κ1) is 15.0. The predicted molar refractivity (Wildman–Crippen MR) is 79.9 cm³/mol. The molecule has 0 aliphatic heterocycles. The van der Waals surface area contributed by atoms with E-state index in [2.05, 4.69) is 10.3 Å². The molecule has 2 heterocycles. The van der Waals surface area contributed by atoms with E-state index < -0.39 is 0 Å². The highest BCUT2D eigenvalue weighted by atomic mass is 32.1. The summed E-state index contributed by atoms with van der Waals surface area (Å²) < 4.78 is 1.92. The van der Waals surface area contributed by atoms with Gasteiger partial charge in [-0.15, -0.1) is 11.3 Å². The summed E-state index contributed by atoms with van der Waals surface area (Å²) in [4.78, 5) is 17.3. The minimum absolute atomic E-state index is 0.0459. The van der Waals surface area contributed by atoms with Crippen LogP contribution in [0.15, 0.2) is 17.8 Å². The second-order valence-electron chi connectivity index (χ2n) is 5.14. The first-order valence-electron chi connectivity index (χ1n) is 6.91. The van der Waals surface area contributed by atoms with Gasteiger partial charge in [0.2, 0.25) is 5.91 Å². The second kappa shape index (κ2) is 6.37. The Hall–Kier alpha value is -1.40. The minimum atomic E-state index is -0.204. The molecule has 0 saturated heterocycles. The number of aliphatic hydroxyl groups excluding tert-OH is 1. The first-order chi connectivity index (χ1) is 9.62. The number of hydrogen-bond acceptors (Lipinski definition) is 4. The topological polar surface area (TPSA) is 66.6 Å². The van der Waals surface area contributed by atoms with Crippen LogP contribution in [0.3, 0.4) is 0 Å². The maximum Gasteiger partial charge on any atom is 0.226 e. The van der Waals surface area contributed by atoms with E-state index >= 15 is 0 Å². The van der Waals surface area contributed by atoms with Gasteiger partial charge in [0.1, 0.15) is 0 Å². The van der Waals surface area contributed by atoms with Crippen LogP contribution >= 0.6 is 11.3 Å². The lowest BCUT2D eigenvalue weighted by atomic mass is 9.83. The molecule has 5 nitrogen and oxygen atoms in total. The van der Waals surface area contributed by atoms with E-state index in [9.17, 15) is 9.90 Å². The quantitative estimate of drug-likeness (QED) is 0.819. The molecule has 0 atom stereocenters. The number of nitrogens with one attached hydrogen (secondary N) is 1. The second-order valence-corrected chi connectivity index (χ2v) is 6.02. The van der Waals surface area contributed by atoms with Crippen molar-refractivity contribution >= 4 is 22.2 Å². The summed E-state index contributed by atoms with van der Waals surface area (Å²) in [5.41, 5.74) is 0.571. The van der Waals surface area contributed by atoms with Crippen LogP contribution in [0, 0.1) is 5.41 Å². The van der Waals surface area contributed by atoms with Crippen LogP contribution in [0.1, 0.15) is 32.4 Å². The number of nitrogens with zero attached hydrogens (tertiary/aromatic N) is 2. The van der Waals surface area contributed by atoms with E-state index in [1.807, 2.05) is 36.0 Å². The van der Waals surface area contributed by atoms with Crippen molar-refractivity contribution < 1.29 is 9.90 Å². The lowest BCUT2D eigenvalue weighted by Crippen LogP contribution is -2.40. The Morgan fingerprint density at radius 1 is 1.50 bits per heavy atom. The molecule has 0 radical (unpaired) electrons. The van der Waals surface area contributed by atoms with Gasteiger partial charge < -0.3 is 10.4 Å². The predicted octanol–water partition coefficient (Wildman–Crippen LogP) is 1.85. The number of fused-ring (bicyclic) bond motifs is 1. The molecule has 0 aromatic carbocycles. The average molecular weight is 295 g/mol. The molecule has 0 unspecified atom stereocenters. The molecule has 1 amide bonds. The number of carbonyl (C=O) groups is 1. The van der Waals surface area contributed by atoms with Gasteiger partial charge in [-0.2, -0.15) is 0 Å². The highest BCUT2D eigenvalue weighted by Crippen LogP contribution is 2.24. The summed E-state index contributed by atoms with van der Waals surface area (Å²) in [5, 5.41) is 14.4. The monoisotopic (exact) mass is 295 g/mol. The van der Waals surface area contributed by atoms with Crippen molar-refractivity contribution in [3.05, 3.63) is 23.5 Å². The molecule has 2 N–H and O–H groups in total. The van der Waals surface area contributed by atoms with Gasteiger partial charge >= 0.3 is 0 Å². The number of aromatic nitrogens is 2. The summed E-state index contributed by atoms with van der Waals surface area (Å²) >= 11 is 1.55. The Kier molecular flexibility index (Phi) is 4.77. The van der Waals surface area contributed by atoms with Crippen molar-refractivity contribution in [1.82, 2.24) is 14.7 Å². The average Bonchev–Trinajstić information content (AvgIpc) is 3.02. The van der Waals surface area contributed by atoms with E-state index in [0.29, 0.717) is 6.54 Å². The number of amides is 1. The molecule has 110 valence electrons. The molecular formula is C14H21N3O2S. The highest BCUT2D eigenvalue weighted by molar-refractivity contribution is 7.15. The van der Waals surface area contributed by atoms with E-state index in [1.54, 1.807) is 11.3 Å². The van der Waals surface area contributed by atoms with Crippen LogP contribution in [0.5, 0.6) is 0 Å². The number of rotatable bonds is 7. The number of aliphatic hydroxyl groups is 1. The third-order valence-corrected chi connectivity index (χ3v) is 4.75. The van der Waals surface area contributed by atoms with E-state index in [-0.39, 0.29) is 24.3 Å². The third kappa shape index (κ3) is 3.19. The Balaban J connectivity index is 1.90. The molecule has 0 bridgehead atoms. The van der Waals surface area contributed by atoms with Crippen molar-refractivity contribution in [2.75, 3.05) is 13.2 Å². The Labute approximate surface area is 122 Å². The zero-order valence-corrected chi connectivity index (χ0v) is 12.7. The molecular weight excluding hydrogens is 274 g/mol. The van der Waals surface area contributed by atoms with Crippen molar-refractivity contribution in [2.24, 2.45) is 5.41 Å². The first-order valence-corrected chi connectivity index (χ1v) is 7.79. The Morgan fingerprint density at radius 3 is 2.85 bits per heavy atom. The summed E-state index contributed by atoms with van der Waals surface area (Å²) in [6, 6.07) is 0. The summed E-state index contributed by atoms with van der Waals surface area (Å²) in [7, 11) is 0. The van der Waals surface area contributed by atoms with Gasteiger partial charge in [-0.25, -0.2) is 4.98 Å². The van der Waals surface area contributed by atoms with Gasteiger partial charge in [-0.05, 0) is 12.8 Å². The molecule has 0 fully saturated rings. The van der Waals surface area contributed by atoms with E-state index in [1.165, 1.54) is 0 Å². The zero-order valence-electron chi connectivity index (χ0n) is 11.9. The van der Waals surface area contributed by atoms with Gasteiger partial charge in [0, 0.05) is 29.7 Å². The molecule has 6 heteroatoms. The largest absolute Gasteiger partial charge is 0.396 e. The Bertz CT molecular complexity index is 535. The van der Waals surface area contributed by atoms with Crippen LogP contribution in [0.2, 0.25) is 0 Å². The molecule has 0 spiro atoms. The lowest BCUT2D eigenvalue weighted by Gasteiger charge is -2.29. The van der Waals surface area contributed by atoms with Crippen LogP contribution < -0.4 is 5.32 Å². The smallest absolute Gasteiger partial charge is 0.226 e. The van der Waals surface area contributed by atoms with Crippen LogP contribution in [-0.4, -0.2) is 33.6 Å². The molecule has 2 aromatic rings. The normalized spacial score (nSPS) is 11.9. The minimum Gasteiger partial charge on any atom is -0.396 e. The number of carbonyl (C=O) groups excluding carboxylic acids is 1. The highest BCUT2D eigenvalue weighted by Gasteiger charge is 2.25. The van der Waals surface area contributed by atoms with Crippen LogP contribution in [-0.2, 0) is 11.2 Å². The Morgan fingerprint density at radius 2 is 2.25 bits per heavy atom. The SMILES string of the molecule is CCC(CC)(CO)CNC(=O)Cc1cn2ccsc2n1. The van der Waals surface area contributed by atoms with Gasteiger partial charge in [0.25, 0.3) is 0 Å². The van der Waals surface area contributed by atoms with Crippen molar-refractivity contribution in [3.8, 4) is 0 Å². The molecule has 2 rings (SSSR count). The zero-order chi connectivity index (χ0) is 14.6. The molecule has 20 heavy (non-hydrogen) atoms. The summed E-state index contributed by atoms with van der Waals surface area (Å²) in [5.74, 6) is -0.0459. The third-order valence-electron chi connectivity index (χ3n) is 3.98. The summed E-state index contributed by atoms with van der Waals surface area (Å²) in [6.07, 6.45) is 5.79. The fourth-order valence-corrected chi connectivity index (χ4v) is 2.87. The van der Waals surface area contributed by atoms with Crippen molar-refractivity contribution in [2.45, 2.75) is 33.1 Å². The maximum atomic E-state index is 12.0. The number of hydrogen-bond donors (Lipinski definition) is 2. The summed E-state index contributed by atoms with van der Waals surface area (Å²) in [6.45, 7) is 4.68. The standard InChI is InChI=1S/C14H21N3O2S/c1-3-14(4-2,10-18)9-15-12(19)7-11-8-17-5-6-20-13(17)16-11/h5-6,8,18H,3-4,7,9-10H2,1-2H3,(H,15,19). The van der Waals surface area contributed by atoms with Crippen LogP contribution in [0.25, 0.3) is 4.96 Å². The lowest BCUT2D eigenvalue weighted by molar-refractivity contribution is -0.121. The molecule has 0 aliphatic rings. The van der Waals surface area contributed by atoms with Crippen molar-refractivity contribution in [1.29, 1.82) is 0 Å². The van der Waals surface area contributed by atoms with Crippen LogP contribution in [0.4, 0.5) is 0 Å². The van der Waals surface area contributed by atoms with Crippen molar-refractivity contribution in [3.63, 3.8) is 0 Å². The van der Waals surface area contributed by atoms with E-state index in [0.717, 1.165) is 23.5 Å². The fraction of sp³-hybridized carbons (Fsp3) is 0.571. The van der Waals surface area contributed by atoms with Gasteiger partial charge in [0.15, 0.2) is 4.96 Å².